The molecule has 0 atom stereocenters. The topological polar surface area (TPSA) is 72.2 Å². The van der Waals surface area contributed by atoms with Crippen LogP contribution >= 0.6 is 31.9 Å². The lowest BCUT2D eigenvalue weighted by atomic mass is 10.3. The van der Waals surface area contributed by atoms with Crippen LogP contribution in [-0.2, 0) is 10.0 Å². The highest BCUT2D eigenvalue weighted by Gasteiger charge is 2.22. The van der Waals surface area contributed by atoms with Crippen LogP contribution in [0.3, 0.4) is 0 Å². The van der Waals surface area contributed by atoms with Crippen LogP contribution in [0.1, 0.15) is 0 Å². The minimum Gasteiger partial charge on any atom is -0.399 e. The lowest BCUT2D eigenvalue weighted by Gasteiger charge is -2.13. The molecule has 21 heavy (non-hydrogen) atoms. The van der Waals surface area contributed by atoms with Gasteiger partial charge in [0, 0.05) is 14.6 Å². The fourth-order valence-corrected chi connectivity index (χ4v) is 4.44. The van der Waals surface area contributed by atoms with E-state index in [9.17, 15) is 17.2 Å². The molecule has 2 rings (SSSR count). The summed E-state index contributed by atoms with van der Waals surface area (Å²) in [4.78, 5) is -0.780. The number of benzene rings is 2. The Hall–Kier alpha value is -1.19. The lowest BCUT2D eigenvalue weighted by molar-refractivity contribution is 0.555. The summed E-state index contributed by atoms with van der Waals surface area (Å²) < 4.78 is 54.0. The molecule has 2 aromatic rings. The predicted octanol–water partition coefficient (Wildman–Crippen LogP) is 3.87. The SMILES string of the molecule is Nc1cc(Br)c(NS(=O)(=O)c2cc(F)ccc2F)c(Br)c1. The fraction of sp³-hybridized carbons (Fsp3) is 0. The Morgan fingerprint density at radius 3 is 2.19 bits per heavy atom. The third-order valence-corrected chi connectivity index (χ3v) is 5.10. The van der Waals surface area contributed by atoms with E-state index in [1.807, 2.05) is 0 Å². The van der Waals surface area contributed by atoms with Crippen molar-refractivity contribution in [2.24, 2.45) is 0 Å². The van der Waals surface area contributed by atoms with Crippen molar-refractivity contribution in [2.75, 3.05) is 10.5 Å². The van der Waals surface area contributed by atoms with Crippen LogP contribution in [0.25, 0.3) is 0 Å². The van der Waals surface area contributed by atoms with Crippen molar-refractivity contribution in [3.63, 3.8) is 0 Å². The van der Waals surface area contributed by atoms with Gasteiger partial charge in [-0.05, 0) is 62.2 Å². The van der Waals surface area contributed by atoms with Crippen molar-refractivity contribution in [2.45, 2.75) is 4.90 Å². The summed E-state index contributed by atoms with van der Waals surface area (Å²) in [5.74, 6) is -1.90. The van der Waals surface area contributed by atoms with Gasteiger partial charge in [-0.15, -0.1) is 0 Å². The molecule has 0 bridgehead atoms. The van der Waals surface area contributed by atoms with Crippen LogP contribution in [-0.4, -0.2) is 8.42 Å². The number of nitrogens with one attached hydrogen (secondary N) is 1. The van der Waals surface area contributed by atoms with Gasteiger partial charge in [0.05, 0.1) is 5.69 Å². The number of nitrogens with two attached hydrogens (primary N) is 1. The van der Waals surface area contributed by atoms with Gasteiger partial charge >= 0.3 is 0 Å². The number of hydrogen-bond donors (Lipinski definition) is 2. The van der Waals surface area contributed by atoms with Gasteiger partial charge in [0.15, 0.2) is 0 Å². The first kappa shape index (κ1) is 16.2. The molecule has 0 heterocycles. The van der Waals surface area contributed by atoms with Crippen molar-refractivity contribution in [1.82, 2.24) is 0 Å². The molecule has 0 aromatic heterocycles. The summed E-state index contributed by atoms with van der Waals surface area (Å²) >= 11 is 6.30. The average Bonchev–Trinajstić information content (AvgIpc) is 2.36. The lowest BCUT2D eigenvalue weighted by Crippen LogP contribution is -2.15. The molecule has 0 unspecified atom stereocenters. The van der Waals surface area contributed by atoms with E-state index in [4.69, 9.17) is 5.73 Å². The van der Waals surface area contributed by atoms with E-state index in [1.165, 1.54) is 12.1 Å². The van der Waals surface area contributed by atoms with E-state index in [2.05, 4.69) is 36.6 Å². The van der Waals surface area contributed by atoms with Crippen LogP contribution in [0.4, 0.5) is 20.2 Å². The van der Waals surface area contributed by atoms with Gasteiger partial charge in [0.25, 0.3) is 10.0 Å². The second-order valence-corrected chi connectivity index (χ2v) is 7.40. The Kier molecular flexibility index (Phi) is 4.54. The Bertz CT molecular complexity index is 790. The third-order valence-electron chi connectivity index (χ3n) is 2.48. The van der Waals surface area contributed by atoms with Crippen LogP contribution in [0.2, 0.25) is 0 Å². The fourth-order valence-electron chi connectivity index (χ4n) is 1.56. The number of anilines is 2. The van der Waals surface area contributed by atoms with E-state index < -0.39 is 26.6 Å². The highest BCUT2D eigenvalue weighted by Crippen LogP contribution is 2.35. The van der Waals surface area contributed by atoms with E-state index in [0.29, 0.717) is 20.7 Å². The molecule has 0 aliphatic carbocycles. The van der Waals surface area contributed by atoms with Gasteiger partial charge in [-0.25, -0.2) is 17.2 Å². The maximum Gasteiger partial charge on any atom is 0.264 e. The largest absolute Gasteiger partial charge is 0.399 e. The van der Waals surface area contributed by atoms with Crippen LogP contribution < -0.4 is 10.5 Å². The van der Waals surface area contributed by atoms with Crippen LogP contribution in [0.15, 0.2) is 44.2 Å². The highest BCUT2D eigenvalue weighted by atomic mass is 79.9. The van der Waals surface area contributed by atoms with Gasteiger partial charge in [0.2, 0.25) is 0 Å². The van der Waals surface area contributed by atoms with Gasteiger partial charge < -0.3 is 5.73 Å². The molecule has 0 saturated carbocycles. The molecular formula is C12H8Br2F2N2O2S. The zero-order valence-electron chi connectivity index (χ0n) is 10.2. The minimum absolute atomic E-state index is 0.132. The number of hydrogen-bond acceptors (Lipinski definition) is 3. The molecule has 0 aliphatic rings. The Labute approximate surface area is 136 Å². The second kappa shape index (κ2) is 5.90. The van der Waals surface area contributed by atoms with Crippen molar-refractivity contribution in [3.05, 3.63) is 50.9 Å². The zero-order chi connectivity index (χ0) is 15.8. The Morgan fingerprint density at radius 1 is 1.05 bits per heavy atom. The van der Waals surface area contributed by atoms with Crippen molar-refractivity contribution >= 4 is 53.3 Å². The molecule has 0 fully saturated rings. The summed E-state index contributed by atoms with van der Waals surface area (Å²) in [5.41, 5.74) is 6.13. The quantitative estimate of drug-likeness (QED) is 0.710. The first-order valence-electron chi connectivity index (χ1n) is 5.43. The van der Waals surface area contributed by atoms with Crippen LogP contribution in [0, 0.1) is 11.6 Å². The number of nitrogen functional groups attached to an aromatic ring is 1. The number of rotatable bonds is 3. The molecule has 3 N–H and O–H groups in total. The Balaban J connectivity index is 2.50. The molecular weight excluding hydrogens is 434 g/mol. The standard InChI is InChI=1S/C12H8Br2F2N2O2S/c13-8-4-7(17)5-9(14)12(8)18-21(19,20)11-3-6(15)1-2-10(11)16/h1-5,18H,17H2. The molecule has 0 saturated heterocycles. The summed E-state index contributed by atoms with van der Waals surface area (Å²) in [6.45, 7) is 0. The molecule has 9 heteroatoms. The average molecular weight is 442 g/mol. The summed E-state index contributed by atoms with van der Waals surface area (Å²) in [5, 5.41) is 0. The Morgan fingerprint density at radius 2 is 1.62 bits per heavy atom. The monoisotopic (exact) mass is 440 g/mol. The summed E-state index contributed by atoms with van der Waals surface area (Å²) in [6, 6.07) is 5.15. The predicted molar refractivity (Wildman–Crippen MR) is 83.4 cm³/mol. The van der Waals surface area contributed by atoms with Gasteiger partial charge in [0.1, 0.15) is 16.5 Å². The smallest absolute Gasteiger partial charge is 0.264 e. The number of halogens is 4. The maximum atomic E-state index is 13.6. The summed E-state index contributed by atoms with van der Waals surface area (Å²) in [7, 11) is -4.29. The van der Waals surface area contributed by atoms with Gasteiger partial charge in [-0.2, -0.15) is 0 Å². The molecule has 0 aliphatic heterocycles. The van der Waals surface area contributed by atoms with Crippen LogP contribution in [0.5, 0.6) is 0 Å². The molecule has 0 radical (unpaired) electrons. The molecule has 0 amide bonds. The van der Waals surface area contributed by atoms with E-state index >= 15 is 0 Å². The number of sulfonamides is 1. The molecule has 4 nitrogen and oxygen atoms in total. The van der Waals surface area contributed by atoms with Crippen molar-refractivity contribution in [1.29, 1.82) is 0 Å². The third kappa shape index (κ3) is 3.53. The first-order valence-corrected chi connectivity index (χ1v) is 8.50. The molecule has 2 aromatic carbocycles. The van der Waals surface area contributed by atoms with E-state index in [1.54, 1.807) is 0 Å². The van der Waals surface area contributed by atoms with E-state index in [-0.39, 0.29) is 5.69 Å². The van der Waals surface area contributed by atoms with Gasteiger partial charge in [-0.3, -0.25) is 4.72 Å². The first-order chi connectivity index (χ1) is 9.70. The molecule has 112 valence electrons. The zero-order valence-corrected chi connectivity index (χ0v) is 14.2. The van der Waals surface area contributed by atoms with Gasteiger partial charge in [-0.1, -0.05) is 0 Å². The molecule has 0 spiro atoms. The summed E-state index contributed by atoms with van der Waals surface area (Å²) in [6.07, 6.45) is 0. The minimum atomic E-state index is -4.29. The highest BCUT2D eigenvalue weighted by molar-refractivity contribution is 9.11. The van der Waals surface area contributed by atoms with Crippen molar-refractivity contribution in [3.8, 4) is 0 Å². The maximum absolute atomic E-state index is 13.6. The normalized spacial score (nSPS) is 11.4. The van der Waals surface area contributed by atoms with Crippen molar-refractivity contribution < 1.29 is 17.2 Å². The van der Waals surface area contributed by atoms with E-state index in [0.717, 1.165) is 12.1 Å². The second-order valence-electron chi connectivity index (χ2n) is 4.04.